The fourth-order valence-corrected chi connectivity index (χ4v) is 3.18. The van der Waals surface area contributed by atoms with Gasteiger partial charge in [0, 0.05) is 0 Å². The molecule has 2 rings (SSSR count). The Balaban J connectivity index is 2.02. The molecule has 132 valence electrons. The Labute approximate surface area is 153 Å². The molecule has 0 aromatic heterocycles. The second kappa shape index (κ2) is 8.63. The minimum absolute atomic E-state index is 0.180. The zero-order chi connectivity index (χ0) is 18.4. The molecule has 1 aliphatic heterocycles. The van der Waals surface area contributed by atoms with E-state index in [0.29, 0.717) is 17.3 Å². The van der Waals surface area contributed by atoms with Crippen molar-refractivity contribution in [1.29, 1.82) is 0 Å². The van der Waals surface area contributed by atoms with E-state index in [0.717, 1.165) is 22.2 Å². The van der Waals surface area contributed by atoms with E-state index in [4.69, 9.17) is 26.8 Å². The Morgan fingerprint density at radius 3 is 2.60 bits per heavy atom. The number of carbonyl (C=O) groups is 3. The summed E-state index contributed by atoms with van der Waals surface area (Å²) >= 11 is 6.09. The summed E-state index contributed by atoms with van der Waals surface area (Å²) in [5.41, 5.74) is 0.722. The zero-order valence-electron chi connectivity index (χ0n) is 13.3. The number of thioether (sulfide) groups is 1. The number of nitrogens with zero attached hydrogens (tertiary/aromatic N) is 1. The number of hydrogen-bond acceptors (Lipinski definition) is 7. The molecule has 25 heavy (non-hydrogen) atoms. The van der Waals surface area contributed by atoms with Crippen LogP contribution >= 0.6 is 24.0 Å². The van der Waals surface area contributed by atoms with E-state index in [-0.39, 0.29) is 10.9 Å². The van der Waals surface area contributed by atoms with Crippen molar-refractivity contribution in [3.05, 3.63) is 34.7 Å². The van der Waals surface area contributed by atoms with Crippen molar-refractivity contribution in [3.63, 3.8) is 0 Å². The van der Waals surface area contributed by atoms with Gasteiger partial charge in [-0.25, -0.2) is 4.79 Å². The number of thiocarbonyl (C=S) groups is 1. The predicted octanol–water partition coefficient (Wildman–Crippen LogP) is 1.91. The lowest BCUT2D eigenvalue weighted by atomic mass is 10.2. The smallest absolute Gasteiger partial charge is 0.344 e. The van der Waals surface area contributed by atoms with Gasteiger partial charge in [0.1, 0.15) is 16.6 Å². The number of aliphatic carboxylic acids is 1. The molecule has 1 aliphatic rings. The average molecular weight is 381 g/mol. The van der Waals surface area contributed by atoms with Crippen LogP contribution in [0.4, 0.5) is 0 Å². The molecule has 0 unspecified atom stereocenters. The van der Waals surface area contributed by atoms with Gasteiger partial charge < -0.3 is 14.6 Å². The number of rotatable bonds is 7. The van der Waals surface area contributed by atoms with Crippen LogP contribution in [0.15, 0.2) is 29.2 Å². The number of carbonyl (C=O) groups excluding carboxylic acids is 2. The molecule has 0 radical (unpaired) electrons. The SMILES string of the molecule is CCOC(=O)COc1ccc(/C=C2/SC(=S)N(CC(=O)O)C2=O)cc1. The van der Waals surface area contributed by atoms with Crippen molar-refractivity contribution in [2.75, 3.05) is 19.8 Å². The van der Waals surface area contributed by atoms with Gasteiger partial charge in [-0.3, -0.25) is 14.5 Å². The number of ether oxygens (including phenoxy) is 2. The van der Waals surface area contributed by atoms with E-state index >= 15 is 0 Å². The Morgan fingerprint density at radius 1 is 1.32 bits per heavy atom. The van der Waals surface area contributed by atoms with Gasteiger partial charge in [-0.05, 0) is 30.7 Å². The molecule has 1 aromatic carbocycles. The second-order valence-electron chi connectivity index (χ2n) is 4.82. The van der Waals surface area contributed by atoms with Crippen molar-refractivity contribution in [1.82, 2.24) is 4.90 Å². The molecule has 1 saturated heterocycles. The normalized spacial score (nSPS) is 15.6. The molecule has 1 aromatic rings. The number of carboxylic acids is 1. The van der Waals surface area contributed by atoms with Gasteiger partial charge in [0.2, 0.25) is 0 Å². The summed E-state index contributed by atoms with van der Waals surface area (Å²) in [7, 11) is 0. The summed E-state index contributed by atoms with van der Waals surface area (Å²) in [6, 6.07) is 6.74. The first-order chi connectivity index (χ1) is 11.9. The summed E-state index contributed by atoms with van der Waals surface area (Å²) in [6.07, 6.45) is 1.62. The highest BCUT2D eigenvalue weighted by molar-refractivity contribution is 8.26. The third-order valence-corrected chi connectivity index (χ3v) is 4.38. The summed E-state index contributed by atoms with van der Waals surface area (Å²) in [5, 5.41) is 8.81. The Kier molecular flexibility index (Phi) is 6.54. The van der Waals surface area contributed by atoms with Gasteiger partial charge in [0.25, 0.3) is 5.91 Å². The minimum atomic E-state index is -1.12. The Hall–Kier alpha value is -2.39. The molecule has 1 amide bonds. The molecule has 0 atom stereocenters. The topological polar surface area (TPSA) is 93.1 Å². The fourth-order valence-electron chi connectivity index (χ4n) is 1.93. The van der Waals surface area contributed by atoms with Crippen LogP contribution in [0, 0.1) is 0 Å². The molecular formula is C16H15NO6S2. The molecule has 1 heterocycles. The van der Waals surface area contributed by atoms with E-state index in [1.165, 1.54) is 0 Å². The average Bonchev–Trinajstić information content (AvgIpc) is 2.82. The van der Waals surface area contributed by atoms with Crippen LogP contribution in [0.3, 0.4) is 0 Å². The van der Waals surface area contributed by atoms with Crippen molar-refractivity contribution < 1.29 is 29.0 Å². The van der Waals surface area contributed by atoms with Gasteiger partial charge in [0.15, 0.2) is 6.61 Å². The third kappa shape index (κ3) is 5.30. The van der Waals surface area contributed by atoms with Crippen LogP contribution in [0.25, 0.3) is 6.08 Å². The first kappa shape index (κ1) is 18.9. The maximum absolute atomic E-state index is 12.2. The van der Waals surface area contributed by atoms with Crippen LogP contribution in [0.2, 0.25) is 0 Å². The summed E-state index contributed by atoms with van der Waals surface area (Å²) in [4.78, 5) is 35.6. The number of benzene rings is 1. The molecule has 1 N–H and O–H groups in total. The van der Waals surface area contributed by atoms with Crippen LogP contribution in [-0.2, 0) is 19.1 Å². The van der Waals surface area contributed by atoms with Crippen LogP contribution in [0.1, 0.15) is 12.5 Å². The molecule has 0 spiro atoms. The van der Waals surface area contributed by atoms with Crippen molar-refractivity contribution in [2.45, 2.75) is 6.92 Å². The largest absolute Gasteiger partial charge is 0.482 e. The molecule has 9 heteroatoms. The van der Waals surface area contributed by atoms with Crippen molar-refractivity contribution >= 4 is 52.2 Å². The van der Waals surface area contributed by atoms with Crippen LogP contribution in [0.5, 0.6) is 5.75 Å². The monoisotopic (exact) mass is 381 g/mol. The molecule has 0 bridgehead atoms. The summed E-state index contributed by atoms with van der Waals surface area (Å²) < 4.78 is 10.3. The van der Waals surface area contributed by atoms with E-state index < -0.39 is 24.4 Å². The Bertz CT molecular complexity index is 729. The molecule has 0 saturated carbocycles. The van der Waals surface area contributed by atoms with Gasteiger partial charge >= 0.3 is 11.9 Å². The van der Waals surface area contributed by atoms with E-state index in [2.05, 4.69) is 0 Å². The zero-order valence-corrected chi connectivity index (χ0v) is 14.9. The maximum atomic E-state index is 12.2. The lowest BCUT2D eigenvalue weighted by Crippen LogP contribution is -2.33. The predicted molar refractivity (Wildman–Crippen MR) is 96.1 cm³/mol. The fraction of sp³-hybridized carbons (Fsp3) is 0.250. The highest BCUT2D eigenvalue weighted by Gasteiger charge is 2.33. The van der Waals surface area contributed by atoms with E-state index in [1.54, 1.807) is 37.3 Å². The summed E-state index contributed by atoms with van der Waals surface area (Å²) in [5.74, 6) is -1.52. The maximum Gasteiger partial charge on any atom is 0.344 e. The summed E-state index contributed by atoms with van der Waals surface area (Å²) in [6.45, 7) is 1.37. The molecule has 1 fully saturated rings. The minimum Gasteiger partial charge on any atom is -0.482 e. The van der Waals surface area contributed by atoms with Crippen molar-refractivity contribution in [3.8, 4) is 5.75 Å². The van der Waals surface area contributed by atoms with Crippen LogP contribution < -0.4 is 4.74 Å². The van der Waals surface area contributed by atoms with Crippen LogP contribution in [-0.4, -0.2) is 51.9 Å². The lowest BCUT2D eigenvalue weighted by Gasteiger charge is -2.10. The van der Waals surface area contributed by atoms with Gasteiger partial charge in [-0.15, -0.1) is 0 Å². The highest BCUT2D eigenvalue weighted by Crippen LogP contribution is 2.32. The lowest BCUT2D eigenvalue weighted by molar-refractivity contribution is -0.145. The number of esters is 1. The Morgan fingerprint density at radius 2 is 2.00 bits per heavy atom. The van der Waals surface area contributed by atoms with Gasteiger partial charge in [-0.2, -0.15) is 0 Å². The van der Waals surface area contributed by atoms with Crippen molar-refractivity contribution in [2.24, 2.45) is 0 Å². The number of hydrogen-bond donors (Lipinski definition) is 1. The quantitative estimate of drug-likeness (QED) is 0.435. The standard InChI is InChI=1S/C16H15NO6S2/c1-2-22-14(20)9-23-11-5-3-10(4-6-11)7-12-15(21)17(8-13(18)19)16(24)25-12/h3-7H,2,8-9H2,1H3,(H,18,19)/b12-7+. The molecule has 7 nitrogen and oxygen atoms in total. The van der Waals surface area contributed by atoms with Gasteiger partial charge in [0.05, 0.1) is 11.5 Å². The number of amides is 1. The van der Waals surface area contributed by atoms with E-state index in [1.807, 2.05) is 0 Å². The second-order valence-corrected chi connectivity index (χ2v) is 6.50. The molecular weight excluding hydrogens is 366 g/mol. The molecule has 0 aliphatic carbocycles. The van der Waals surface area contributed by atoms with Gasteiger partial charge in [-0.1, -0.05) is 36.1 Å². The third-order valence-electron chi connectivity index (χ3n) is 3.01. The highest BCUT2D eigenvalue weighted by atomic mass is 32.2. The van der Waals surface area contributed by atoms with E-state index in [9.17, 15) is 14.4 Å². The first-order valence-electron chi connectivity index (χ1n) is 7.26. The number of carboxylic acid groups (broad SMARTS) is 1. The first-order valence-corrected chi connectivity index (χ1v) is 8.49.